The SMILES string of the molecule is Cc1nc(Nc2ccccc2C(C)C)cc(N2CCCC(C)C2)n1. The van der Waals surface area contributed by atoms with Gasteiger partial charge in [0.05, 0.1) is 0 Å². The first-order chi connectivity index (χ1) is 11.5. The molecule has 1 fully saturated rings. The molecule has 1 aromatic heterocycles. The van der Waals surface area contributed by atoms with Gasteiger partial charge in [0.15, 0.2) is 0 Å². The third-order valence-corrected chi connectivity index (χ3v) is 4.65. The summed E-state index contributed by atoms with van der Waals surface area (Å²) < 4.78 is 0. The van der Waals surface area contributed by atoms with E-state index in [0.29, 0.717) is 5.92 Å². The van der Waals surface area contributed by atoms with E-state index >= 15 is 0 Å². The quantitative estimate of drug-likeness (QED) is 0.869. The molecular weight excluding hydrogens is 296 g/mol. The Kier molecular flexibility index (Phi) is 5.03. The molecule has 0 spiro atoms. The molecule has 2 aromatic rings. The van der Waals surface area contributed by atoms with E-state index in [1.807, 2.05) is 6.92 Å². The average Bonchev–Trinajstić information content (AvgIpc) is 2.54. The minimum absolute atomic E-state index is 0.471. The van der Waals surface area contributed by atoms with E-state index in [1.54, 1.807) is 0 Å². The molecule has 4 heteroatoms. The van der Waals surface area contributed by atoms with E-state index in [-0.39, 0.29) is 0 Å². The molecule has 0 bridgehead atoms. The fourth-order valence-corrected chi connectivity index (χ4v) is 3.43. The van der Waals surface area contributed by atoms with E-state index in [2.05, 4.69) is 71.3 Å². The van der Waals surface area contributed by atoms with Crippen LogP contribution >= 0.6 is 0 Å². The number of para-hydroxylation sites is 1. The van der Waals surface area contributed by atoms with Crippen LogP contribution in [0.25, 0.3) is 0 Å². The maximum atomic E-state index is 4.67. The van der Waals surface area contributed by atoms with Crippen LogP contribution in [0.15, 0.2) is 30.3 Å². The molecule has 1 unspecified atom stereocenters. The van der Waals surface area contributed by atoms with Gasteiger partial charge in [0.25, 0.3) is 0 Å². The molecule has 0 aliphatic carbocycles. The van der Waals surface area contributed by atoms with Crippen molar-refractivity contribution in [2.45, 2.75) is 46.5 Å². The van der Waals surface area contributed by atoms with Crippen LogP contribution < -0.4 is 10.2 Å². The predicted octanol–water partition coefficient (Wildman–Crippen LogP) is 4.89. The molecule has 1 aliphatic rings. The number of anilines is 3. The van der Waals surface area contributed by atoms with Gasteiger partial charge in [0.2, 0.25) is 0 Å². The second-order valence-corrected chi connectivity index (χ2v) is 7.22. The maximum absolute atomic E-state index is 4.67. The fraction of sp³-hybridized carbons (Fsp3) is 0.500. The Morgan fingerprint density at radius 1 is 1.21 bits per heavy atom. The van der Waals surface area contributed by atoms with Crippen molar-refractivity contribution < 1.29 is 0 Å². The number of benzene rings is 1. The molecule has 0 saturated carbocycles. The summed E-state index contributed by atoms with van der Waals surface area (Å²) in [4.78, 5) is 11.7. The Morgan fingerprint density at radius 3 is 2.75 bits per heavy atom. The number of aryl methyl sites for hydroxylation is 1. The maximum Gasteiger partial charge on any atom is 0.136 e. The lowest BCUT2D eigenvalue weighted by Gasteiger charge is -2.32. The van der Waals surface area contributed by atoms with E-state index in [1.165, 1.54) is 18.4 Å². The highest BCUT2D eigenvalue weighted by Gasteiger charge is 2.18. The second-order valence-electron chi connectivity index (χ2n) is 7.22. The average molecular weight is 324 g/mol. The highest BCUT2D eigenvalue weighted by Crippen LogP contribution is 2.28. The number of hydrogen-bond acceptors (Lipinski definition) is 4. The Balaban J connectivity index is 1.87. The van der Waals surface area contributed by atoms with Crippen molar-refractivity contribution in [1.29, 1.82) is 0 Å². The molecule has 0 amide bonds. The van der Waals surface area contributed by atoms with E-state index in [4.69, 9.17) is 0 Å². The van der Waals surface area contributed by atoms with Crippen molar-refractivity contribution in [3.05, 3.63) is 41.7 Å². The smallest absolute Gasteiger partial charge is 0.136 e. The van der Waals surface area contributed by atoms with Crippen LogP contribution in [0.2, 0.25) is 0 Å². The Labute approximate surface area is 145 Å². The molecule has 128 valence electrons. The van der Waals surface area contributed by atoms with Gasteiger partial charge in [-0.25, -0.2) is 9.97 Å². The van der Waals surface area contributed by atoms with Gasteiger partial charge in [-0.1, -0.05) is 39.0 Å². The molecule has 1 aromatic carbocycles. The van der Waals surface area contributed by atoms with Crippen LogP contribution in [0.4, 0.5) is 17.3 Å². The first kappa shape index (κ1) is 16.7. The zero-order valence-corrected chi connectivity index (χ0v) is 15.2. The lowest BCUT2D eigenvalue weighted by Crippen LogP contribution is -2.35. The van der Waals surface area contributed by atoms with Gasteiger partial charge < -0.3 is 10.2 Å². The summed E-state index contributed by atoms with van der Waals surface area (Å²) in [6, 6.07) is 10.5. The first-order valence-electron chi connectivity index (χ1n) is 8.99. The van der Waals surface area contributed by atoms with Crippen molar-refractivity contribution in [2.75, 3.05) is 23.3 Å². The summed E-state index contributed by atoms with van der Waals surface area (Å²) in [6.45, 7) is 10.9. The van der Waals surface area contributed by atoms with Crippen molar-refractivity contribution in [3.8, 4) is 0 Å². The number of rotatable bonds is 4. The number of piperidine rings is 1. The van der Waals surface area contributed by atoms with Gasteiger partial charge in [-0.2, -0.15) is 0 Å². The minimum Gasteiger partial charge on any atom is -0.356 e. The molecule has 2 heterocycles. The summed E-state index contributed by atoms with van der Waals surface area (Å²) in [5, 5.41) is 3.51. The third-order valence-electron chi connectivity index (χ3n) is 4.65. The Morgan fingerprint density at radius 2 is 2.00 bits per heavy atom. The minimum atomic E-state index is 0.471. The highest BCUT2D eigenvalue weighted by atomic mass is 15.2. The van der Waals surface area contributed by atoms with Crippen LogP contribution in [0.3, 0.4) is 0 Å². The molecule has 0 radical (unpaired) electrons. The normalized spacial score (nSPS) is 18.0. The Bertz CT molecular complexity index is 696. The van der Waals surface area contributed by atoms with Gasteiger partial charge in [-0.05, 0) is 43.2 Å². The van der Waals surface area contributed by atoms with Crippen LogP contribution in [0, 0.1) is 12.8 Å². The van der Waals surface area contributed by atoms with E-state index < -0.39 is 0 Å². The van der Waals surface area contributed by atoms with Crippen molar-refractivity contribution >= 4 is 17.3 Å². The predicted molar refractivity (Wildman–Crippen MR) is 101 cm³/mol. The summed E-state index contributed by atoms with van der Waals surface area (Å²) in [6.07, 6.45) is 2.55. The summed E-state index contributed by atoms with van der Waals surface area (Å²) in [5.41, 5.74) is 2.44. The summed E-state index contributed by atoms with van der Waals surface area (Å²) >= 11 is 0. The lowest BCUT2D eigenvalue weighted by atomic mass is 10.0. The van der Waals surface area contributed by atoms with Crippen LogP contribution in [0.1, 0.15) is 50.9 Å². The number of hydrogen-bond donors (Lipinski definition) is 1. The van der Waals surface area contributed by atoms with Gasteiger partial charge in [-0.3, -0.25) is 0 Å². The van der Waals surface area contributed by atoms with E-state index in [0.717, 1.165) is 42.2 Å². The molecular formula is C20H28N4. The molecule has 1 aliphatic heterocycles. The molecule has 1 atom stereocenters. The zero-order chi connectivity index (χ0) is 17.1. The third kappa shape index (κ3) is 3.86. The molecule has 1 N–H and O–H groups in total. The standard InChI is InChI=1S/C20H28N4/c1-14(2)17-9-5-6-10-18(17)23-19-12-20(22-16(4)21-19)24-11-7-8-15(3)13-24/h5-6,9-10,12,14-15H,7-8,11,13H2,1-4H3,(H,21,22,23). The number of aromatic nitrogens is 2. The topological polar surface area (TPSA) is 41.1 Å². The molecule has 4 nitrogen and oxygen atoms in total. The second kappa shape index (κ2) is 7.20. The molecule has 24 heavy (non-hydrogen) atoms. The van der Waals surface area contributed by atoms with Gasteiger partial charge in [-0.15, -0.1) is 0 Å². The fourth-order valence-electron chi connectivity index (χ4n) is 3.43. The lowest BCUT2D eigenvalue weighted by molar-refractivity contribution is 0.444. The van der Waals surface area contributed by atoms with Crippen molar-refractivity contribution in [1.82, 2.24) is 9.97 Å². The molecule has 3 rings (SSSR count). The van der Waals surface area contributed by atoms with Crippen molar-refractivity contribution in [2.24, 2.45) is 5.92 Å². The van der Waals surface area contributed by atoms with Crippen LogP contribution in [-0.4, -0.2) is 23.1 Å². The summed E-state index contributed by atoms with van der Waals surface area (Å²) in [5.74, 6) is 3.93. The number of nitrogens with one attached hydrogen (secondary N) is 1. The van der Waals surface area contributed by atoms with Crippen molar-refractivity contribution in [3.63, 3.8) is 0 Å². The number of nitrogens with zero attached hydrogens (tertiary/aromatic N) is 3. The van der Waals surface area contributed by atoms with Gasteiger partial charge in [0, 0.05) is 24.8 Å². The van der Waals surface area contributed by atoms with Crippen LogP contribution in [0.5, 0.6) is 0 Å². The molecule has 1 saturated heterocycles. The van der Waals surface area contributed by atoms with Gasteiger partial charge in [0.1, 0.15) is 17.5 Å². The van der Waals surface area contributed by atoms with Crippen LogP contribution in [-0.2, 0) is 0 Å². The van der Waals surface area contributed by atoms with E-state index in [9.17, 15) is 0 Å². The first-order valence-corrected chi connectivity index (χ1v) is 8.99. The zero-order valence-electron chi connectivity index (χ0n) is 15.2. The van der Waals surface area contributed by atoms with Gasteiger partial charge >= 0.3 is 0 Å². The Hall–Kier alpha value is -2.10. The highest BCUT2D eigenvalue weighted by molar-refractivity contribution is 5.63. The summed E-state index contributed by atoms with van der Waals surface area (Å²) in [7, 11) is 0. The largest absolute Gasteiger partial charge is 0.356 e. The monoisotopic (exact) mass is 324 g/mol.